The first-order chi connectivity index (χ1) is 12.5. The fraction of sp³-hybridized carbons (Fsp3) is 0.474. The van der Waals surface area contributed by atoms with Crippen LogP contribution in [0.4, 0.5) is 4.79 Å². The molecule has 7 heteroatoms. The zero-order valence-electron chi connectivity index (χ0n) is 15.6. The van der Waals surface area contributed by atoms with Gasteiger partial charge in [0.2, 0.25) is 0 Å². The Kier molecular flexibility index (Phi) is 5.46. The minimum Gasteiger partial charge on any atom is -0.383 e. The lowest BCUT2D eigenvalue weighted by Gasteiger charge is -2.32. The molecule has 3 N–H and O–H groups in total. The number of carbonyl (C=O) groups is 1. The van der Waals surface area contributed by atoms with Crippen LogP contribution in [0.3, 0.4) is 0 Å². The maximum Gasteiger partial charge on any atom is 0.318 e. The van der Waals surface area contributed by atoms with Crippen molar-refractivity contribution in [2.75, 3.05) is 26.8 Å². The van der Waals surface area contributed by atoms with Crippen LogP contribution in [-0.2, 0) is 11.3 Å². The molecule has 0 radical (unpaired) electrons. The second-order valence-electron chi connectivity index (χ2n) is 6.99. The lowest BCUT2D eigenvalue weighted by Crippen LogP contribution is -2.48. The van der Waals surface area contributed by atoms with Gasteiger partial charge < -0.3 is 25.6 Å². The summed E-state index contributed by atoms with van der Waals surface area (Å²) in [6.45, 7) is 6.53. The molecule has 2 amide bonds. The average molecular weight is 357 g/mol. The van der Waals surface area contributed by atoms with E-state index < -0.39 is 0 Å². The number of urea groups is 1. The maximum absolute atomic E-state index is 12.8. The average Bonchev–Trinajstić information content (AvgIpc) is 2.91. The number of fused-ring (bicyclic) bond motifs is 1. The van der Waals surface area contributed by atoms with Crippen molar-refractivity contribution in [1.29, 1.82) is 0 Å². The molecule has 0 aromatic heterocycles. The Bertz CT molecular complexity index is 699. The largest absolute Gasteiger partial charge is 0.383 e. The Hall–Kier alpha value is -2.54. The third kappa shape index (κ3) is 3.83. The minimum atomic E-state index is -0.389. The Morgan fingerprint density at radius 3 is 2.88 bits per heavy atom. The van der Waals surface area contributed by atoms with E-state index in [1.807, 2.05) is 41.4 Å². The molecule has 0 bridgehead atoms. The third-order valence-corrected chi connectivity index (χ3v) is 4.90. The molecule has 1 atom stereocenters. The topological polar surface area (TPSA) is 78.0 Å². The Morgan fingerprint density at radius 2 is 2.15 bits per heavy atom. The van der Waals surface area contributed by atoms with Gasteiger partial charge in [0.25, 0.3) is 0 Å². The van der Waals surface area contributed by atoms with Crippen molar-refractivity contribution < 1.29 is 9.53 Å². The Morgan fingerprint density at radius 1 is 1.38 bits per heavy atom. The minimum absolute atomic E-state index is 0.0648. The first-order valence-electron chi connectivity index (χ1n) is 8.89. The van der Waals surface area contributed by atoms with Crippen LogP contribution in [0.2, 0.25) is 0 Å². The van der Waals surface area contributed by atoms with Gasteiger partial charge in [-0.25, -0.2) is 9.79 Å². The van der Waals surface area contributed by atoms with Gasteiger partial charge in [-0.15, -0.1) is 0 Å². The monoisotopic (exact) mass is 357 g/mol. The summed E-state index contributed by atoms with van der Waals surface area (Å²) < 4.78 is 5.04. The zero-order valence-corrected chi connectivity index (χ0v) is 15.6. The molecule has 2 heterocycles. The van der Waals surface area contributed by atoms with E-state index >= 15 is 0 Å². The van der Waals surface area contributed by atoms with Gasteiger partial charge in [-0.1, -0.05) is 30.3 Å². The molecule has 1 aromatic carbocycles. The second-order valence-corrected chi connectivity index (χ2v) is 6.99. The number of methoxy groups -OCH3 is 1. The predicted molar refractivity (Wildman–Crippen MR) is 102 cm³/mol. The molecular formula is C19H27N5O2. The van der Waals surface area contributed by atoms with Crippen LogP contribution in [0.15, 0.2) is 47.1 Å². The Labute approximate surface area is 154 Å². The lowest BCUT2D eigenvalue weighted by atomic mass is 9.93. The van der Waals surface area contributed by atoms with E-state index in [9.17, 15) is 4.79 Å². The van der Waals surface area contributed by atoms with E-state index in [0.29, 0.717) is 26.2 Å². The number of likely N-dealkylation sites (tertiary alicyclic amines) is 1. The molecular weight excluding hydrogens is 330 g/mol. The first-order valence-corrected chi connectivity index (χ1v) is 8.89. The normalized spacial score (nSPS) is 20.6. The molecule has 0 saturated carbocycles. The van der Waals surface area contributed by atoms with Crippen molar-refractivity contribution in [3.63, 3.8) is 0 Å². The van der Waals surface area contributed by atoms with Crippen molar-refractivity contribution in [1.82, 2.24) is 20.9 Å². The van der Waals surface area contributed by atoms with Gasteiger partial charge >= 0.3 is 6.03 Å². The molecule has 1 unspecified atom stereocenters. The summed E-state index contributed by atoms with van der Waals surface area (Å²) in [7, 11) is 1.67. The van der Waals surface area contributed by atoms with Crippen molar-refractivity contribution in [2.24, 2.45) is 4.99 Å². The van der Waals surface area contributed by atoms with E-state index in [1.165, 1.54) is 0 Å². The number of aliphatic imine (C=N–C) groups is 1. The number of ether oxygens (including phenoxy) is 1. The Balaban J connectivity index is 1.61. The van der Waals surface area contributed by atoms with Crippen molar-refractivity contribution in [2.45, 2.75) is 32.0 Å². The molecule has 1 fully saturated rings. The number of guanidine groups is 1. The molecule has 140 valence electrons. The van der Waals surface area contributed by atoms with Gasteiger partial charge in [-0.3, -0.25) is 0 Å². The van der Waals surface area contributed by atoms with Crippen LogP contribution < -0.4 is 16.0 Å². The summed E-state index contributed by atoms with van der Waals surface area (Å²) >= 11 is 0. The van der Waals surface area contributed by atoms with Gasteiger partial charge in [0.15, 0.2) is 5.96 Å². The first kappa shape index (κ1) is 18.3. The molecule has 2 aliphatic rings. The molecule has 0 spiro atoms. The summed E-state index contributed by atoms with van der Waals surface area (Å²) in [5.41, 5.74) is 1.81. The van der Waals surface area contributed by atoms with Crippen LogP contribution in [0, 0.1) is 0 Å². The van der Waals surface area contributed by atoms with E-state index in [4.69, 9.17) is 4.74 Å². The highest BCUT2D eigenvalue weighted by molar-refractivity contribution is 5.84. The number of rotatable bonds is 5. The van der Waals surface area contributed by atoms with Crippen LogP contribution in [0.5, 0.6) is 0 Å². The third-order valence-electron chi connectivity index (χ3n) is 4.90. The van der Waals surface area contributed by atoms with Gasteiger partial charge in [0.05, 0.1) is 18.2 Å². The van der Waals surface area contributed by atoms with E-state index in [2.05, 4.69) is 34.8 Å². The highest BCUT2D eigenvalue weighted by atomic mass is 16.5. The number of hydrogen-bond donors (Lipinski definition) is 3. The molecule has 0 aliphatic carbocycles. The highest BCUT2D eigenvalue weighted by Gasteiger charge is 2.46. The van der Waals surface area contributed by atoms with Crippen molar-refractivity contribution >= 4 is 12.0 Å². The van der Waals surface area contributed by atoms with Crippen molar-refractivity contribution in [3.8, 4) is 0 Å². The van der Waals surface area contributed by atoms with Crippen LogP contribution >= 0.6 is 0 Å². The van der Waals surface area contributed by atoms with Gasteiger partial charge in [-0.2, -0.15) is 0 Å². The number of nitrogens with one attached hydrogen (secondary N) is 3. The molecule has 26 heavy (non-hydrogen) atoms. The van der Waals surface area contributed by atoms with Crippen LogP contribution in [0.1, 0.15) is 19.4 Å². The molecule has 7 nitrogen and oxygen atoms in total. The van der Waals surface area contributed by atoms with Crippen molar-refractivity contribution in [3.05, 3.63) is 47.7 Å². The molecule has 2 aliphatic heterocycles. The van der Waals surface area contributed by atoms with E-state index in [0.717, 1.165) is 17.1 Å². The zero-order chi connectivity index (χ0) is 18.6. The summed E-state index contributed by atoms with van der Waals surface area (Å²) in [6.07, 6.45) is 1.88. The maximum atomic E-state index is 12.8. The lowest BCUT2D eigenvalue weighted by molar-refractivity contribution is 0.173. The quantitative estimate of drug-likeness (QED) is 0.697. The number of benzene rings is 1. The summed E-state index contributed by atoms with van der Waals surface area (Å²) in [6, 6.07) is 9.92. The smallest absolute Gasteiger partial charge is 0.318 e. The van der Waals surface area contributed by atoms with E-state index in [1.54, 1.807) is 7.11 Å². The summed E-state index contributed by atoms with van der Waals surface area (Å²) in [5.74, 6) is 0.721. The summed E-state index contributed by atoms with van der Waals surface area (Å²) in [4.78, 5) is 19.1. The molecule has 1 aromatic rings. The number of hydrogen-bond acceptors (Lipinski definition) is 5. The number of carbonyl (C=O) groups excluding carboxylic acids is 1. The fourth-order valence-corrected chi connectivity index (χ4v) is 3.37. The number of nitrogens with zero attached hydrogens (tertiary/aromatic N) is 2. The predicted octanol–water partition coefficient (Wildman–Crippen LogP) is 1.44. The van der Waals surface area contributed by atoms with Crippen LogP contribution in [0.25, 0.3) is 0 Å². The van der Waals surface area contributed by atoms with Gasteiger partial charge in [0, 0.05) is 32.9 Å². The molecule has 3 rings (SSSR count). The van der Waals surface area contributed by atoms with Gasteiger partial charge in [0.1, 0.15) is 0 Å². The molecule has 1 saturated heterocycles. The standard InChI is InChI=1S/C19H27N5O2/c1-19(2)15-12-21-17(20-9-10-26-3)23-16(15)13-24(19)18(25)22-11-14-7-5-4-6-8-14/h4-8,12,16H,9-11,13H2,1-3H3,(H,22,25)(H2,20,21,23). The SMILES string of the molecule is COCCNC1=NC=C2C(CN(C(=O)NCc3ccccc3)C2(C)C)N1. The highest BCUT2D eigenvalue weighted by Crippen LogP contribution is 2.35. The van der Waals surface area contributed by atoms with E-state index in [-0.39, 0.29) is 17.6 Å². The number of amides is 2. The van der Waals surface area contributed by atoms with Crippen LogP contribution in [-0.4, -0.2) is 55.3 Å². The fourth-order valence-electron chi connectivity index (χ4n) is 3.37. The second kappa shape index (κ2) is 7.78. The summed E-state index contributed by atoms with van der Waals surface area (Å²) in [5, 5.41) is 9.61. The van der Waals surface area contributed by atoms with Gasteiger partial charge in [-0.05, 0) is 25.0 Å².